The van der Waals surface area contributed by atoms with Crippen molar-refractivity contribution in [1.29, 1.82) is 0 Å². The second kappa shape index (κ2) is 4.15. The fourth-order valence-electron chi connectivity index (χ4n) is 2.54. The van der Waals surface area contributed by atoms with Crippen LogP contribution in [-0.4, -0.2) is 6.54 Å². The highest BCUT2D eigenvalue weighted by atomic mass is 19.1. The Bertz CT molecular complexity index is 534. The molecule has 1 N–H and O–H groups in total. The lowest BCUT2D eigenvalue weighted by Crippen LogP contribution is -2.30. The van der Waals surface area contributed by atoms with Crippen LogP contribution in [0.3, 0.4) is 0 Å². The Hall–Kier alpha value is -1.35. The van der Waals surface area contributed by atoms with Gasteiger partial charge in [-0.2, -0.15) is 0 Å². The van der Waals surface area contributed by atoms with Crippen molar-refractivity contribution in [3.63, 3.8) is 0 Å². The summed E-state index contributed by atoms with van der Waals surface area (Å²) in [5, 5.41) is 4.28. The zero-order valence-corrected chi connectivity index (χ0v) is 9.87. The summed E-state index contributed by atoms with van der Waals surface area (Å²) in [6.07, 6.45) is 2.26. The molecular weight excluding hydrogens is 217 g/mol. The van der Waals surface area contributed by atoms with Gasteiger partial charge in [-0.15, -0.1) is 0 Å². The molecule has 0 aliphatic carbocycles. The van der Waals surface area contributed by atoms with Crippen molar-refractivity contribution >= 4 is 11.0 Å². The van der Waals surface area contributed by atoms with E-state index in [1.807, 2.05) is 12.1 Å². The van der Waals surface area contributed by atoms with E-state index in [-0.39, 0.29) is 11.9 Å². The number of piperidine rings is 1. The molecule has 2 aromatic rings. The molecule has 1 aliphatic rings. The number of benzene rings is 1. The fraction of sp³-hybridized carbons (Fsp3) is 0.429. The zero-order chi connectivity index (χ0) is 11.8. The average molecular weight is 233 g/mol. The summed E-state index contributed by atoms with van der Waals surface area (Å²) >= 11 is 0. The van der Waals surface area contributed by atoms with Gasteiger partial charge >= 0.3 is 0 Å². The highest BCUT2D eigenvalue weighted by Crippen LogP contribution is 2.31. The van der Waals surface area contributed by atoms with Crippen LogP contribution in [-0.2, 0) is 0 Å². The van der Waals surface area contributed by atoms with E-state index in [0.717, 1.165) is 24.1 Å². The quantitative estimate of drug-likeness (QED) is 0.813. The molecule has 2 unspecified atom stereocenters. The van der Waals surface area contributed by atoms with Crippen LogP contribution in [0.15, 0.2) is 28.7 Å². The van der Waals surface area contributed by atoms with Crippen molar-refractivity contribution in [2.75, 3.05) is 6.54 Å². The van der Waals surface area contributed by atoms with Crippen LogP contribution in [0.1, 0.15) is 31.6 Å². The summed E-state index contributed by atoms with van der Waals surface area (Å²) in [6, 6.07) is 7.22. The molecule has 0 saturated carbocycles. The first-order valence-corrected chi connectivity index (χ1v) is 6.15. The number of rotatable bonds is 1. The summed E-state index contributed by atoms with van der Waals surface area (Å²) in [5.74, 6) is 1.27. The van der Waals surface area contributed by atoms with Gasteiger partial charge in [-0.05, 0) is 37.4 Å². The first kappa shape index (κ1) is 10.8. The Morgan fingerprint density at radius 2 is 2.29 bits per heavy atom. The lowest BCUT2D eigenvalue weighted by Gasteiger charge is -2.26. The number of para-hydroxylation sites is 1. The maximum atomic E-state index is 13.5. The number of hydrogen-bond acceptors (Lipinski definition) is 2. The first-order chi connectivity index (χ1) is 8.24. The molecule has 17 heavy (non-hydrogen) atoms. The summed E-state index contributed by atoms with van der Waals surface area (Å²) in [5.41, 5.74) is 0.377. The predicted octanol–water partition coefficient (Wildman–Crippen LogP) is 3.63. The van der Waals surface area contributed by atoms with Gasteiger partial charge in [0.15, 0.2) is 11.4 Å². The van der Waals surface area contributed by atoms with Gasteiger partial charge in [-0.1, -0.05) is 19.1 Å². The number of halogens is 1. The standard InChI is InChI=1S/C14H16FNO/c1-9-5-6-16-12(7-9)13-8-10-3-2-4-11(15)14(10)17-13/h2-4,8-9,12,16H,5-7H2,1H3. The molecule has 3 heteroatoms. The molecular formula is C14H16FNO. The maximum Gasteiger partial charge on any atom is 0.169 e. The van der Waals surface area contributed by atoms with Crippen molar-refractivity contribution in [2.24, 2.45) is 5.92 Å². The maximum absolute atomic E-state index is 13.5. The Morgan fingerprint density at radius 1 is 1.41 bits per heavy atom. The van der Waals surface area contributed by atoms with Gasteiger partial charge in [0.25, 0.3) is 0 Å². The number of hydrogen-bond donors (Lipinski definition) is 1. The molecule has 1 aromatic carbocycles. The third-order valence-corrected chi connectivity index (χ3v) is 3.52. The SMILES string of the molecule is CC1CCNC(c2cc3cccc(F)c3o2)C1. The molecule has 0 spiro atoms. The number of furan rings is 1. The molecule has 1 aromatic heterocycles. The van der Waals surface area contributed by atoms with E-state index in [1.54, 1.807) is 6.07 Å². The van der Waals surface area contributed by atoms with Gasteiger partial charge in [-0.25, -0.2) is 4.39 Å². The summed E-state index contributed by atoms with van der Waals surface area (Å²) in [6.45, 7) is 3.25. The van der Waals surface area contributed by atoms with Crippen LogP contribution >= 0.6 is 0 Å². The Morgan fingerprint density at radius 3 is 3.06 bits per heavy atom. The third kappa shape index (κ3) is 1.95. The van der Waals surface area contributed by atoms with Gasteiger partial charge in [0.2, 0.25) is 0 Å². The van der Waals surface area contributed by atoms with Gasteiger partial charge in [0, 0.05) is 5.39 Å². The molecule has 1 fully saturated rings. The van der Waals surface area contributed by atoms with E-state index in [2.05, 4.69) is 12.2 Å². The second-order valence-electron chi connectivity index (χ2n) is 4.94. The Labute approximate surface area is 99.8 Å². The average Bonchev–Trinajstić information content (AvgIpc) is 2.74. The smallest absolute Gasteiger partial charge is 0.169 e. The van der Waals surface area contributed by atoms with E-state index in [0.29, 0.717) is 11.5 Å². The van der Waals surface area contributed by atoms with E-state index in [9.17, 15) is 4.39 Å². The fourth-order valence-corrected chi connectivity index (χ4v) is 2.54. The largest absolute Gasteiger partial charge is 0.456 e. The minimum Gasteiger partial charge on any atom is -0.456 e. The van der Waals surface area contributed by atoms with Crippen LogP contribution in [0.25, 0.3) is 11.0 Å². The van der Waals surface area contributed by atoms with Crippen molar-refractivity contribution < 1.29 is 8.81 Å². The second-order valence-corrected chi connectivity index (χ2v) is 4.94. The number of fused-ring (bicyclic) bond motifs is 1. The Balaban J connectivity index is 1.97. The zero-order valence-electron chi connectivity index (χ0n) is 9.87. The molecule has 90 valence electrons. The Kier molecular flexibility index (Phi) is 2.63. The van der Waals surface area contributed by atoms with Gasteiger partial charge in [0.05, 0.1) is 6.04 Å². The topological polar surface area (TPSA) is 25.2 Å². The first-order valence-electron chi connectivity index (χ1n) is 6.15. The summed E-state index contributed by atoms with van der Waals surface area (Å²) in [7, 11) is 0. The van der Waals surface area contributed by atoms with Crippen LogP contribution < -0.4 is 5.32 Å². The van der Waals surface area contributed by atoms with Crippen molar-refractivity contribution in [2.45, 2.75) is 25.8 Å². The number of nitrogens with one attached hydrogen (secondary N) is 1. The van der Waals surface area contributed by atoms with Crippen molar-refractivity contribution in [3.8, 4) is 0 Å². The van der Waals surface area contributed by atoms with Gasteiger partial charge in [-0.3, -0.25) is 0 Å². The highest BCUT2D eigenvalue weighted by molar-refractivity contribution is 5.78. The van der Waals surface area contributed by atoms with E-state index in [1.165, 1.54) is 12.5 Å². The van der Waals surface area contributed by atoms with Gasteiger partial charge < -0.3 is 9.73 Å². The molecule has 2 atom stereocenters. The molecule has 2 heterocycles. The molecule has 3 rings (SSSR count). The van der Waals surface area contributed by atoms with Crippen LogP contribution in [0.5, 0.6) is 0 Å². The molecule has 0 radical (unpaired) electrons. The van der Waals surface area contributed by atoms with E-state index in [4.69, 9.17) is 4.42 Å². The van der Waals surface area contributed by atoms with E-state index >= 15 is 0 Å². The van der Waals surface area contributed by atoms with Crippen molar-refractivity contribution in [3.05, 3.63) is 35.8 Å². The summed E-state index contributed by atoms with van der Waals surface area (Å²) < 4.78 is 19.2. The molecule has 1 saturated heterocycles. The highest BCUT2D eigenvalue weighted by Gasteiger charge is 2.23. The van der Waals surface area contributed by atoms with Crippen LogP contribution in [0, 0.1) is 11.7 Å². The monoisotopic (exact) mass is 233 g/mol. The molecule has 1 aliphatic heterocycles. The van der Waals surface area contributed by atoms with Gasteiger partial charge in [0.1, 0.15) is 5.76 Å². The lowest BCUT2D eigenvalue weighted by molar-refractivity contribution is 0.293. The minimum absolute atomic E-state index is 0.227. The molecule has 0 amide bonds. The third-order valence-electron chi connectivity index (χ3n) is 3.52. The van der Waals surface area contributed by atoms with Crippen LogP contribution in [0.2, 0.25) is 0 Å². The molecule has 2 nitrogen and oxygen atoms in total. The lowest BCUT2D eigenvalue weighted by atomic mass is 9.93. The summed E-state index contributed by atoms with van der Waals surface area (Å²) in [4.78, 5) is 0. The van der Waals surface area contributed by atoms with Crippen molar-refractivity contribution in [1.82, 2.24) is 5.32 Å². The minimum atomic E-state index is -0.280. The van der Waals surface area contributed by atoms with E-state index < -0.39 is 0 Å². The molecule has 0 bridgehead atoms. The normalized spacial score (nSPS) is 25.3. The van der Waals surface area contributed by atoms with Crippen LogP contribution in [0.4, 0.5) is 4.39 Å². The predicted molar refractivity (Wildman–Crippen MR) is 65.3 cm³/mol.